The van der Waals surface area contributed by atoms with Gasteiger partial charge in [-0.2, -0.15) is 0 Å². The van der Waals surface area contributed by atoms with Gasteiger partial charge in [0, 0.05) is 0 Å². The third kappa shape index (κ3) is 3.68. The van der Waals surface area contributed by atoms with E-state index in [1.54, 1.807) is 18.2 Å². The summed E-state index contributed by atoms with van der Waals surface area (Å²) >= 11 is 0. The maximum Gasteiger partial charge on any atom is 0.335 e. The van der Waals surface area contributed by atoms with Crippen molar-refractivity contribution in [1.29, 1.82) is 0 Å². The second-order valence-corrected chi connectivity index (χ2v) is 5.26. The lowest BCUT2D eigenvalue weighted by molar-refractivity contribution is -0.271. The number of carbonyl (C=O) groups is 1. The summed E-state index contributed by atoms with van der Waals surface area (Å²) in [7, 11) is 1.43. The highest BCUT2D eigenvalue weighted by Crippen LogP contribution is 2.32. The zero-order valence-corrected chi connectivity index (χ0v) is 13.2. The van der Waals surface area contributed by atoms with Crippen molar-refractivity contribution in [2.24, 2.45) is 0 Å². The van der Waals surface area contributed by atoms with Crippen LogP contribution in [0.4, 0.5) is 0 Å². The largest absolute Gasteiger partial charge is 0.493 e. The van der Waals surface area contributed by atoms with Crippen LogP contribution < -0.4 is 9.47 Å². The Hall–Kier alpha value is -2.13. The van der Waals surface area contributed by atoms with Gasteiger partial charge in [-0.15, -0.1) is 0 Å². The lowest BCUT2D eigenvalue weighted by Crippen LogP contribution is -2.61. The smallest absolute Gasteiger partial charge is 0.335 e. The summed E-state index contributed by atoms with van der Waals surface area (Å²) in [6.45, 7) is 1.86. The molecule has 2 rings (SSSR count). The molecule has 0 aliphatic carbocycles. The number of carboxylic acid groups (broad SMARTS) is 1. The minimum atomic E-state index is -1.77. The van der Waals surface area contributed by atoms with E-state index < -0.39 is 36.7 Å². The van der Waals surface area contributed by atoms with Crippen molar-refractivity contribution in [3.63, 3.8) is 0 Å². The van der Waals surface area contributed by atoms with Crippen LogP contribution in [-0.2, 0) is 9.53 Å². The Kier molecular flexibility index (Phi) is 5.79. The highest BCUT2D eigenvalue weighted by molar-refractivity contribution is 5.73. The highest BCUT2D eigenvalue weighted by Gasteiger charge is 2.48. The van der Waals surface area contributed by atoms with Crippen molar-refractivity contribution in [2.45, 2.75) is 37.6 Å². The third-order valence-corrected chi connectivity index (χ3v) is 3.60. The van der Waals surface area contributed by atoms with Gasteiger partial charge in [-0.1, -0.05) is 18.2 Å². The molecule has 8 nitrogen and oxygen atoms in total. The molecule has 8 heteroatoms. The van der Waals surface area contributed by atoms with Gasteiger partial charge in [0.1, 0.15) is 18.3 Å². The molecular weight excluding hydrogens is 320 g/mol. The number of methoxy groups -OCH3 is 1. The SMILES string of the molecule is C/C=C\c1ccc(O[C@H]2O[C@@H](C(=O)O)[C@@H](O)[C@@H](O)[C@@H]2O)c(OC)c1. The Morgan fingerprint density at radius 2 is 1.88 bits per heavy atom. The first-order valence-corrected chi connectivity index (χ1v) is 7.29. The van der Waals surface area contributed by atoms with Gasteiger partial charge in [0.2, 0.25) is 6.29 Å². The van der Waals surface area contributed by atoms with E-state index in [9.17, 15) is 20.1 Å². The average molecular weight is 340 g/mol. The molecule has 1 aliphatic heterocycles. The molecule has 0 radical (unpaired) electrons. The van der Waals surface area contributed by atoms with E-state index >= 15 is 0 Å². The van der Waals surface area contributed by atoms with Crippen molar-refractivity contribution in [1.82, 2.24) is 0 Å². The molecule has 24 heavy (non-hydrogen) atoms. The number of allylic oxidation sites excluding steroid dienone is 1. The molecule has 1 fully saturated rings. The van der Waals surface area contributed by atoms with Gasteiger partial charge in [0.05, 0.1) is 7.11 Å². The maximum atomic E-state index is 11.1. The van der Waals surface area contributed by atoms with Crippen LogP contribution in [-0.4, -0.2) is 64.2 Å². The number of ether oxygens (including phenoxy) is 3. The summed E-state index contributed by atoms with van der Waals surface area (Å²) < 4.78 is 15.7. The normalized spacial score (nSPS) is 30.3. The molecule has 1 saturated heterocycles. The number of hydrogen-bond acceptors (Lipinski definition) is 7. The number of rotatable bonds is 5. The molecule has 0 aromatic heterocycles. The molecule has 1 aromatic carbocycles. The highest BCUT2D eigenvalue weighted by atomic mass is 16.7. The van der Waals surface area contributed by atoms with Crippen molar-refractivity contribution in [3.05, 3.63) is 29.8 Å². The zero-order valence-electron chi connectivity index (χ0n) is 13.2. The van der Waals surface area contributed by atoms with E-state index in [0.717, 1.165) is 5.56 Å². The van der Waals surface area contributed by atoms with E-state index in [4.69, 9.17) is 19.3 Å². The fourth-order valence-electron chi connectivity index (χ4n) is 2.35. The summed E-state index contributed by atoms with van der Waals surface area (Å²) in [5.41, 5.74) is 0.852. The topological polar surface area (TPSA) is 126 Å². The van der Waals surface area contributed by atoms with Gasteiger partial charge in [-0.3, -0.25) is 0 Å². The summed E-state index contributed by atoms with van der Waals surface area (Å²) in [5, 5.41) is 38.4. The minimum absolute atomic E-state index is 0.197. The van der Waals surface area contributed by atoms with Crippen LogP contribution in [0.3, 0.4) is 0 Å². The number of aliphatic hydroxyl groups excluding tert-OH is 3. The van der Waals surface area contributed by atoms with Gasteiger partial charge < -0.3 is 34.6 Å². The summed E-state index contributed by atoms with van der Waals surface area (Å²) in [6.07, 6.45) is -4.63. The molecule has 0 bridgehead atoms. The lowest BCUT2D eigenvalue weighted by Gasteiger charge is -2.38. The number of carboxylic acids is 1. The molecule has 0 unspecified atom stereocenters. The lowest BCUT2D eigenvalue weighted by atomic mass is 9.99. The van der Waals surface area contributed by atoms with Crippen molar-refractivity contribution in [2.75, 3.05) is 7.11 Å². The molecular formula is C16H20O8. The summed E-state index contributed by atoms with van der Waals surface area (Å²) in [4.78, 5) is 11.1. The molecule has 5 atom stereocenters. The summed E-state index contributed by atoms with van der Waals surface area (Å²) in [5.74, 6) is -0.936. The van der Waals surface area contributed by atoms with Crippen molar-refractivity contribution >= 4 is 12.0 Å². The molecule has 132 valence electrons. The third-order valence-electron chi connectivity index (χ3n) is 3.60. The Morgan fingerprint density at radius 3 is 2.46 bits per heavy atom. The van der Waals surface area contributed by atoms with E-state index in [2.05, 4.69) is 0 Å². The number of benzene rings is 1. The Labute approximate surface area is 138 Å². The standard InChI is InChI=1S/C16H20O8/c1-3-4-8-5-6-9(10(7-8)22-2)23-16-13(19)11(17)12(18)14(24-16)15(20)21/h3-7,11-14,16-19H,1-2H3,(H,20,21)/b4-3-/t11-,12+,13+,14-,16+/m1/s1. The molecule has 1 heterocycles. The van der Waals surface area contributed by atoms with E-state index in [-0.39, 0.29) is 5.75 Å². The molecule has 0 saturated carbocycles. The quantitative estimate of drug-likeness (QED) is 0.590. The van der Waals surface area contributed by atoms with Crippen LogP contribution in [0.25, 0.3) is 6.08 Å². The first-order chi connectivity index (χ1) is 11.4. The molecule has 1 aromatic rings. The van der Waals surface area contributed by atoms with Crippen molar-refractivity contribution in [3.8, 4) is 11.5 Å². The van der Waals surface area contributed by atoms with Crippen LogP contribution in [0.1, 0.15) is 12.5 Å². The number of aliphatic hydroxyl groups is 3. The minimum Gasteiger partial charge on any atom is -0.493 e. The average Bonchev–Trinajstić information content (AvgIpc) is 2.56. The van der Waals surface area contributed by atoms with Gasteiger partial charge in [0.25, 0.3) is 0 Å². The second kappa shape index (κ2) is 7.63. The number of hydrogen-bond donors (Lipinski definition) is 4. The van der Waals surface area contributed by atoms with E-state index in [1.165, 1.54) is 7.11 Å². The van der Waals surface area contributed by atoms with Gasteiger partial charge in [-0.05, 0) is 24.6 Å². The van der Waals surface area contributed by atoms with Gasteiger partial charge >= 0.3 is 5.97 Å². The van der Waals surface area contributed by atoms with Crippen LogP contribution >= 0.6 is 0 Å². The molecule has 1 aliphatic rings. The Morgan fingerprint density at radius 1 is 1.17 bits per heavy atom. The van der Waals surface area contributed by atoms with Gasteiger partial charge in [0.15, 0.2) is 17.6 Å². The second-order valence-electron chi connectivity index (χ2n) is 5.26. The Balaban J connectivity index is 2.24. The van der Waals surface area contributed by atoms with Crippen LogP contribution in [0.5, 0.6) is 11.5 Å². The molecule has 0 amide bonds. The molecule has 4 N–H and O–H groups in total. The monoisotopic (exact) mass is 340 g/mol. The van der Waals surface area contributed by atoms with Gasteiger partial charge in [-0.25, -0.2) is 4.79 Å². The maximum absolute atomic E-state index is 11.1. The first-order valence-electron chi connectivity index (χ1n) is 7.29. The van der Waals surface area contributed by atoms with E-state index in [0.29, 0.717) is 5.75 Å². The summed E-state index contributed by atoms with van der Waals surface area (Å²) in [6, 6.07) is 4.98. The van der Waals surface area contributed by atoms with Crippen molar-refractivity contribution < 1.29 is 39.4 Å². The van der Waals surface area contributed by atoms with Crippen LogP contribution in [0.15, 0.2) is 24.3 Å². The Bertz CT molecular complexity index is 614. The predicted octanol–water partition coefficient (Wildman–Crippen LogP) is -0.000700. The fraction of sp³-hybridized carbons (Fsp3) is 0.438. The first kappa shape index (κ1) is 18.2. The zero-order chi connectivity index (χ0) is 17.9. The fourth-order valence-corrected chi connectivity index (χ4v) is 2.35. The van der Waals surface area contributed by atoms with Crippen LogP contribution in [0, 0.1) is 0 Å². The number of aliphatic carboxylic acids is 1. The predicted molar refractivity (Wildman–Crippen MR) is 82.6 cm³/mol. The van der Waals surface area contributed by atoms with Crippen LogP contribution in [0.2, 0.25) is 0 Å². The molecule has 0 spiro atoms. The van der Waals surface area contributed by atoms with E-state index in [1.807, 2.05) is 19.1 Å².